The van der Waals surface area contributed by atoms with Gasteiger partial charge in [0.2, 0.25) is 0 Å². The zero-order valence-corrected chi connectivity index (χ0v) is 35.8. The van der Waals surface area contributed by atoms with Gasteiger partial charge in [-0.15, -0.1) is 0 Å². The van der Waals surface area contributed by atoms with E-state index in [0.29, 0.717) is 119 Å². The first-order chi connectivity index (χ1) is 26.3. The fourth-order valence-electron chi connectivity index (χ4n) is 2.65. The third-order valence-corrected chi connectivity index (χ3v) is 5.19. The van der Waals surface area contributed by atoms with Crippen LogP contribution < -0.4 is 29.6 Å². The third-order valence-electron chi connectivity index (χ3n) is 4.60. The topological polar surface area (TPSA) is 260 Å². The van der Waals surface area contributed by atoms with Crippen LogP contribution in [0.3, 0.4) is 0 Å². The van der Waals surface area contributed by atoms with E-state index in [1.54, 1.807) is 0 Å². The number of alkyl halides is 1. The van der Waals surface area contributed by atoms with Gasteiger partial charge >= 0.3 is 42.0 Å². The first-order valence-electron chi connectivity index (χ1n) is 17.3. The Morgan fingerprint density at radius 3 is 0.963 bits per heavy atom. The maximum atomic E-state index is 10.7. The van der Waals surface area contributed by atoms with Gasteiger partial charge in [0.15, 0.2) is 0 Å². The molecule has 20 nitrogen and oxygen atoms in total. The number of rotatable bonds is 35. The Morgan fingerprint density at radius 1 is 0.556 bits per heavy atom. The van der Waals surface area contributed by atoms with Crippen molar-refractivity contribution >= 4 is 25.7 Å². The molecule has 0 amide bonds. The Kier molecular flexibility index (Phi) is 87.9. The summed E-state index contributed by atoms with van der Waals surface area (Å²) in [5, 5.41) is 3.35. The summed E-state index contributed by atoms with van der Waals surface area (Å²) < 4.78 is 102. The molecule has 0 aliphatic rings. The molecule has 0 fully saturated rings. The van der Waals surface area contributed by atoms with Crippen molar-refractivity contribution in [1.82, 2.24) is 0 Å². The first kappa shape index (κ1) is 64.9. The number of halogens is 1. The molecule has 0 aliphatic carbocycles. The van der Waals surface area contributed by atoms with Gasteiger partial charge in [0.25, 0.3) is 10.1 Å². The van der Waals surface area contributed by atoms with Crippen LogP contribution >= 0.6 is 0 Å². The van der Waals surface area contributed by atoms with Crippen LogP contribution in [0, 0.1) is 0 Å². The van der Waals surface area contributed by atoms with Gasteiger partial charge in [-0.2, -0.15) is 8.42 Å². The number of nitrogens with zero attached hydrogens (tertiary/aromatic N) is 6. The van der Waals surface area contributed by atoms with Crippen molar-refractivity contribution in [3.63, 3.8) is 0 Å². The number of ether oxygens (including phenoxy) is 10. The maximum Gasteiger partial charge on any atom is 1.00 e. The Hall–Kier alpha value is -1.01. The second-order valence-corrected chi connectivity index (χ2v) is 10.3. The van der Waals surface area contributed by atoms with Gasteiger partial charge in [-0.1, -0.05) is 25.8 Å². The van der Waals surface area contributed by atoms with Gasteiger partial charge in [0, 0.05) is 24.7 Å². The van der Waals surface area contributed by atoms with E-state index < -0.39 is 17.3 Å². The van der Waals surface area contributed by atoms with Crippen LogP contribution in [0.4, 0.5) is 4.39 Å². The standard InChI is InChI=1S/C14H30O8S.C13H27N3O5.CH3B.CH3F.BO.N3.Na/c1-3-4-17-5-6-18-7-8-19-9-10-20-11-12-21-13-14-22-23(2,15)16;1-2-4-17-6-8-19-10-12-21-13-11-20-9-7-18-5-3-15-16-14;3*1-2;1-3-2;/h3-14H2,1-2H3;2-13H2,1H3;2*1H3;;;/q;;;;;-1;+1/i;;;1D;;;. The molecule has 0 spiro atoms. The molecule has 313 valence electrons. The van der Waals surface area contributed by atoms with E-state index in [-0.39, 0.29) is 42.8 Å². The van der Waals surface area contributed by atoms with E-state index in [1.807, 2.05) is 0 Å². The summed E-state index contributed by atoms with van der Waals surface area (Å²) in [7, 11) is 3.36. The fourth-order valence-corrected chi connectivity index (χ4v) is 3.02. The molecule has 0 aliphatic heterocycles. The van der Waals surface area contributed by atoms with Crippen molar-refractivity contribution in [2.75, 3.05) is 159 Å². The molecule has 0 rings (SSSR count). The molecule has 0 N–H and O–H groups in total. The van der Waals surface area contributed by atoms with Gasteiger partial charge in [-0.05, 0) is 18.4 Å². The smallest absolute Gasteiger partial charge is 0.373 e. The molecular weight excluding hydrogens is 752 g/mol. The molecule has 0 aromatic carbocycles. The predicted octanol–water partition coefficient (Wildman–Crippen LogP) is 0.405. The summed E-state index contributed by atoms with van der Waals surface area (Å²) in [5.41, 5.74) is 21.5. The maximum absolute atomic E-state index is 10.7. The Labute approximate surface area is 348 Å². The summed E-state index contributed by atoms with van der Waals surface area (Å²) in [6, 6.07) is 0. The Bertz CT molecular complexity index is 858. The molecular formula is C29H63B2FN6NaO14S. The molecule has 0 unspecified atom stereocenters. The van der Waals surface area contributed by atoms with Crippen LogP contribution in [-0.4, -0.2) is 183 Å². The molecule has 0 saturated heterocycles. The van der Waals surface area contributed by atoms with Crippen molar-refractivity contribution in [1.29, 1.82) is 0 Å². The van der Waals surface area contributed by atoms with Crippen LogP contribution in [0.5, 0.6) is 0 Å². The largest absolute Gasteiger partial charge is 1.00 e. The Morgan fingerprint density at radius 2 is 0.759 bits per heavy atom. The predicted molar refractivity (Wildman–Crippen MR) is 199 cm³/mol. The van der Waals surface area contributed by atoms with Crippen LogP contribution in [-0.2, 0) is 66.4 Å². The second-order valence-electron chi connectivity index (χ2n) is 8.69. The molecule has 0 atom stereocenters. The van der Waals surface area contributed by atoms with Crippen molar-refractivity contribution < 1.29 is 100.0 Å². The van der Waals surface area contributed by atoms with Crippen LogP contribution in [0.2, 0.25) is 6.82 Å². The zero-order chi connectivity index (χ0) is 42.1. The average Bonchev–Trinajstić information content (AvgIpc) is 3.16. The van der Waals surface area contributed by atoms with E-state index in [4.69, 9.17) is 70.0 Å². The average molecular weight is 817 g/mol. The second kappa shape index (κ2) is 73.1. The van der Waals surface area contributed by atoms with E-state index in [0.717, 1.165) is 32.3 Å². The van der Waals surface area contributed by atoms with Crippen molar-refractivity contribution in [2.24, 2.45) is 5.11 Å². The SMILES string of the molecule is CCCOCCOCCOCCOCCOCCN=[N+]=[N-].CCCOCCOCCOCCOCCOCCOS(C)(=O)=O.[2H]CF.[B]=O.[B]C.[N-]=[N+]=[N-].[Na+]. The van der Waals surface area contributed by atoms with Gasteiger partial charge < -0.3 is 58.4 Å². The molecule has 54 heavy (non-hydrogen) atoms. The third kappa shape index (κ3) is 93.1. The summed E-state index contributed by atoms with van der Waals surface area (Å²) in [4.78, 5) is 4.12. The molecule has 25 heteroatoms. The first-order valence-corrected chi connectivity index (χ1v) is 18.4. The van der Waals surface area contributed by atoms with Gasteiger partial charge in [-0.3, -0.25) is 13.5 Å². The van der Waals surface area contributed by atoms with Crippen LogP contribution in [0.15, 0.2) is 5.11 Å². The van der Waals surface area contributed by atoms with E-state index in [9.17, 15) is 12.8 Å². The molecule has 0 heterocycles. The normalized spacial score (nSPS) is 9.81. The summed E-state index contributed by atoms with van der Waals surface area (Å²) in [6.45, 7) is 16.7. The minimum atomic E-state index is -3.39. The number of hydrogen-bond donors (Lipinski definition) is 0. The molecule has 3 radical (unpaired) electrons. The van der Waals surface area contributed by atoms with Gasteiger partial charge in [0.05, 0.1) is 148 Å². The minimum absolute atomic E-state index is 0. The zero-order valence-electron chi connectivity index (χ0n) is 34.0. The summed E-state index contributed by atoms with van der Waals surface area (Å²) in [6.07, 6.45) is 3.05. The van der Waals surface area contributed by atoms with E-state index >= 15 is 0 Å². The van der Waals surface area contributed by atoms with Crippen LogP contribution in [0.25, 0.3) is 26.4 Å². The number of hydrogen-bond acceptors (Lipinski definition) is 15. The van der Waals surface area contributed by atoms with Crippen molar-refractivity contribution in [3.05, 3.63) is 26.4 Å². The monoisotopic (exact) mass is 816 g/mol. The van der Waals surface area contributed by atoms with Gasteiger partial charge in [0.1, 0.15) is 0 Å². The number of azide groups is 1. The van der Waals surface area contributed by atoms with Crippen molar-refractivity contribution in [3.8, 4) is 0 Å². The molecule has 0 aromatic heterocycles. The molecule has 0 aromatic rings. The Balaban J connectivity index is -0.000000133. The molecule has 0 saturated carbocycles. The fraction of sp³-hybridized carbons (Fsp3) is 1.00. The van der Waals surface area contributed by atoms with E-state index in [2.05, 4.69) is 43.6 Å². The van der Waals surface area contributed by atoms with E-state index in [1.165, 1.54) is 11.7 Å². The summed E-state index contributed by atoms with van der Waals surface area (Å²) in [5.74, 6) is 0. The quantitative estimate of drug-likeness (QED) is 0.0210. The minimum Gasteiger partial charge on any atom is -0.373 e. The van der Waals surface area contributed by atoms with Crippen molar-refractivity contribution in [2.45, 2.75) is 33.5 Å². The summed E-state index contributed by atoms with van der Waals surface area (Å²) >= 11 is 0. The molecule has 0 bridgehead atoms. The van der Waals surface area contributed by atoms with Gasteiger partial charge in [-0.25, -0.2) is 0 Å². The van der Waals surface area contributed by atoms with Crippen LogP contribution in [0.1, 0.15) is 28.1 Å².